The highest BCUT2D eigenvalue weighted by molar-refractivity contribution is 5.75. The van der Waals surface area contributed by atoms with Crippen LogP contribution in [0.15, 0.2) is 0 Å². The third-order valence-electron chi connectivity index (χ3n) is 4.06. The van der Waals surface area contributed by atoms with Crippen molar-refractivity contribution >= 4 is 5.97 Å². The van der Waals surface area contributed by atoms with Gasteiger partial charge in [0.15, 0.2) is 5.82 Å². The predicted octanol–water partition coefficient (Wildman–Crippen LogP) is 0.925. The molecule has 2 atom stereocenters. The van der Waals surface area contributed by atoms with E-state index in [9.17, 15) is 9.90 Å². The summed E-state index contributed by atoms with van der Waals surface area (Å²) < 4.78 is 1.79. The maximum absolute atomic E-state index is 11.2. The number of aryl methyl sites for hydroxylation is 1. The Hall–Kier alpha value is -1.43. The number of aliphatic carboxylic acids is 1. The van der Waals surface area contributed by atoms with Crippen LogP contribution in [0.4, 0.5) is 0 Å². The second-order valence-corrected chi connectivity index (χ2v) is 5.49. The molecule has 2 aliphatic heterocycles. The summed E-state index contributed by atoms with van der Waals surface area (Å²) >= 11 is 0. The first-order valence-corrected chi connectivity index (χ1v) is 7.14. The number of nitrogens with zero attached hydrogens (tertiary/aromatic N) is 3. The molecule has 3 rings (SSSR count). The second kappa shape index (κ2) is 5.28. The summed E-state index contributed by atoms with van der Waals surface area (Å²) in [5.74, 6) is 0.178. The van der Waals surface area contributed by atoms with Gasteiger partial charge in [-0.2, -0.15) is 5.10 Å². The van der Waals surface area contributed by atoms with Crippen LogP contribution in [-0.4, -0.2) is 38.4 Å². The van der Waals surface area contributed by atoms with Gasteiger partial charge in [-0.15, -0.1) is 0 Å². The van der Waals surface area contributed by atoms with E-state index in [2.05, 4.69) is 15.4 Å². The Morgan fingerprint density at radius 3 is 3.00 bits per heavy atom. The number of hydrogen-bond acceptors (Lipinski definition) is 4. The minimum Gasteiger partial charge on any atom is -0.481 e. The van der Waals surface area contributed by atoms with E-state index in [0.717, 1.165) is 38.2 Å². The van der Waals surface area contributed by atoms with E-state index in [4.69, 9.17) is 0 Å². The molecule has 0 saturated carbocycles. The van der Waals surface area contributed by atoms with Crippen LogP contribution in [0.2, 0.25) is 0 Å². The molecule has 1 saturated heterocycles. The fourth-order valence-corrected chi connectivity index (χ4v) is 3.04. The first-order chi connectivity index (χ1) is 9.24. The summed E-state index contributed by atoms with van der Waals surface area (Å²) in [5, 5.41) is 17.2. The summed E-state index contributed by atoms with van der Waals surface area (Å²) in [7, 11) is 0. The number of nitrogens with one attached hydrogen (secondary N) is 1. The number of hydrogen-bond donors (Lipinski definition) is 2. The first kappa shape index (κ1) is 12.6. The highest BCUT2D eigenvalue weighted by Crippen LogP contribution is 2.26. The van der Waals surface area contributed by atoms with Crippen molar-refractivity contribution in [2.45, 2.75) is 57.0 Å². The number of carboxylic acids is 1. The molecule has 6 nitrogen and oxygen atoms in total. The van der Waals surface area contributed by atoms with Gasteiger partial charge in [-0.05, 0) is 32.2 Å². The van der Waals surface area contributed by atoms with Gasteiger partial charge in [0.05, 0.1) is 0 Å². The van der Waals surface area contributed by atoms with Crippen LogP contribution in [0.1, 0.15) is 49.7 Å². The SMILES string of the molecule is O=C(O)C1CCCn2nc(CC3CCCCN3)nc21. The van der Waals surface area contributed by atoms with Crippen LogP contribution in [0, 0.1) is 0 Å². The van der Waals surface area contributed by atoms with Gasteiger partial charge in [0.25, 0.3) is 0 Å². The first-order valence-electron chi connectivity index (χ1n) is 7.14. The molecular weight excluding hydrogens is 244 g/mol. The molecule has 0 amide bonds. The smallest absolute Gasteiger partial charge is 0.314 e. The van der Waals surface area contributed by atoms with E-state index in [-0.39, 0.29) is 0 Å². The fraction of sp³-hybridized carbons (Fsp3) is 0.769. The highest BCUT2D eigenvalue weighted by atomic mass is 16.4. The van der Waals surface area contributed by atoms with Gasteiger partial charge in [0.2, 0.25) is 0 Å². The summed E-state index contributed by atoms with van der Waals surface area (Å²) in [5.41, 5.74) is 0. The molecule has 0 aromatic carbocycles. The van der Waals surface area contributed by atoms with Crippen LogP contribution < -0.4 is 5.32 Å². The van der Waals surface area contributed by atoms with Crippen molar-refractivity contribution in [3.63, 3.8) is 0 Å². The molecule has 0 bridgehead atoms. The number of rotatable bonds is 3. The molecule has 2 unspecified atom stereocenters. The molecule has 0 aliphatic carbocycles. The third-order valence-corrected chi connectivity index (χ3v) is 4.06. The number of carboxylic acid groups (broad SMARTS) is 1. The quantitative estimate of drug-likeness (QED) is 0.848. The lowest BCUT2D eigenvalue weighted by molar-refractivity contribution is -0.139. The van der Waals surface area contributed by atoms with Gasteiger partial charge in [-0.25, -0.2) is 9.67 Å². The maximum Gasteiger partial charge on any atom is 0.314 e. The van der Waals surface area contributed by atoms with Crippen molar-refractivity contribution in [2.75, 3.05) is 6.54 Å². The number of carbonyl (C=O) groups is 1. The van der Waals surface area contributed by atoms with Gasteiger partial charge in [0, 0.05) is 19.0 Å². The van der Waals surface area contributed by atoms with Crippen LogP contribution >= 0.6 is 0 Å². The zero-order valence-electron chi connectivity index (χ0n) is 11.0. The van der Waals surface area contributed by atoms with Gasteiger partial charge in [-0.1, -0.05) is 6.42 Å². The van der Waals surface area contributed by atoms with Crippen molar-refractivity contribution in [3.05, 3.63) is 11.6 Å². The lowest BCUT2D eigenvalue weighted by Gasteiger charge is -2.21. The Balaban J connectivity index is 1.75. The van der Waals surface area contributed by atoms with Gasteiger partial charge in [0.1, 0.15) is 11.7 Å². The summed E-state index contributed by atoms with van der Waals surface area (Å²) in [6, 6.07) is 0.446. The predicted molar refractivity (Wildman–Crippen MR) is 69.0 cm³/mol. The van der Waals surface area contributed by atoms with Crippen LogP contribution in [-0.2, 0) is 17.8 Å². The lowest BCUT2D eigenvalue weighted by Crippen LogP contribution is -2.35. The Bertz CT molecular complexity index is 465. The van der Waals surface area contributed by atoms with Gasteiger partial charge >= 0.3 is 5.97 Å². The Morgan fingerprint density at radius 1 is 1.37 bits per heavy atom. The van der Waals surface area contributed by atoms with E-state index in [1.807, 2.05) is 0 Å². The molecule has 104 valence electrons. The average molecular weight is 264 g/mol. The Labute approximate surface area is 112 Å². The van der Waals surface area contributed by atoms with Crippen molar-refractivity contribution in [1.82, 2.24) is 20.1 Å². The third kappa shape index (κ3) is 2.63. The highest BCUT2D eigenvalue weighted by Gasteiger charge is 2.30. The molecular formula is C13H20N4O2. The van der Waals surface area contributed by atoms with E-state index in [1.165, 1.54) is 12.8 Å². The Kier molecular flexibility index (Phi) is 3.50. The van der Waals surface area contributed by atoms with Crippen LogP contribution in [0.5, 0.6) is 0 Å². The van der Waals surface area contributed by atoms with Gasteiger partial charge in [-0.3, -0.25) is 4.79 Å². The Morgan fingerprint density at radius 2 is 2.26 bits per heavy atom. The molecule has 3 heterocycles. The fourth-order valence-electron chi connectivity index (χ4n) is 3.04. The van der Waals surface area contributed by atoms with Gasteiger partial charge < -0.3 is 10.4 Å². The van der Waals surface area contributed by atoms with Crippen LogP contribution in [0.3, 0.4) is 0 Å². The summed E-state index contributed by atoms with van der Waals surface area (Å²) in [4.78, 5) is 15.7. The lowest BCUT2D eigenvalue weighted by atomic mass is 9.99. The molecule has 1 fully saturated rings. The van der Waals surface area contributed by atoms with Crippen molar-refractivity contribution in [3.8, 4) is 0 Å². The van der Waals surface area contributed by atoms with Crippen molar-refractivity contribution < 1.29 is 9.90 Å². The van der Waals surface area contributed by atoms with E-state index < -0.39 is 11.9 Å². The van der Waals surface area contributed by atoms with E-state index in [1.54, 1.807) is 4.68 Å². The maximum atomic E-state index is 11.2. The molecule has 0 radical (unpaired) electrons. The summed E-state index contributed by atoms with van der Waals surface area (Å²) in [6.45, 7) is 1.86. The minimum atomic E-state index is -0.782. The summed E-state index contributed by atoms with van der Waals surface area (Å²) in [6.07, 6.45) is 6.01. The molecule has 0 spiro atoms. The van der Waals surface area contributed by atoms with E-state index in [0.29, 0.717) is 18.3 Å². The molecule has 6 heteroatoms. The molecule has 1 aromatic rings. The zero-order valence-corrected chi connectivity index (χ0v) is 11.0. The minimum absolute atomic E-state index is 0.446. The number of aromatic nitrogens is 3. The molecule has 2 N–H and O–H groups in total. The van der Waals surface area contributed by atoms with E-state index >= 15 is 0 Å². The molecule has 19 heavy (non-hydrogen) atoms. The second-order valence-electron chi connectivity index (χ2n) is 5.49. The zero-order chi connectivity index (χ0) is 13.2. The normalized spacial score (nSPS) is 26.9. The average Bonchev–Trinajstić information content (AvgIpc) is 2.81. The molecule has 1 aromatic heterocycles. The van der Waals surface area contributed by atoms with Crippen molar-refractivity contribution in [1.29, 1.82) is 0 Å². The molecule has 2 aliphatic rings. The topological polar surface area (TPSA) is 80.0 Å². The monoisotopic (exact) mass is 264 g/mol. The van der Waals surface area contributed by atoms with Crippen molar-refractivity contribution in [2.24, 2.45) is 0 Å². The van der Waals surface area contributed by atoms with Crippen LogP contribution in [0.25, 0.3) is 0 Å². The standard InChI is InChI=1S/C13H20N4O2/c18-13(19)10-5-3-7-17-12(10)15-11(16-17)8-9-4-1-2-6-14-9/h9-10,14H,1-8H2,(H,18,19). The number of fused-ring (bicyclic) bond motifs is 1. The largest absolute Gasteiger partial charge is 0.481 e. The number of piperidine rings is 1.